The third-order valence-corrected chi connectivity index (χ3v) is 7.57. The summed E-state index contributed by atoms with van der Waals surface area (Å²) in [5.74, 6) is -0.00152. The van der Waals surface area contributed by atoms with Crippen LogP contribution >= 0.6 is 0 Å². The smallest absolute Gasteiger partial charge is 0.407 e. The Labute approximate surface area is 204 Å². The van der Waals surface area contributed by atoms with E-state index in [2.05, 4.69) is 20.2 Å². The molecule has 0 unspecified atom stereocenters. The normalized spacial score (nSPS) is 13.2. The number of rotatable bonds is 6. The van der Waals surface area contributed by atoms with Crippen molar-refractivity contribution < 1.29 is 26.0 Å². The van der Waals surface area contributed by atoms with Gasteiger partial charge in [0.1, 0.15) is 6.04 Å². The van der Waals surface area contributed by atoms with E-state index >= 15 is 0 Å². The maximum Gasteiger partial charge on any atom is 0.407 e. The fraction of sp³-hybridized carbons (Fsp3) is 0.217. The van der Waals surface area contributed by atoms with Crippen molar-refractivity contribution in [2.75, 3.05) is 5.73 Å². The van der Waals surface area contributed by atoms with Gasteiger partial charge in [-0.05, 0) is 43.7 Å². The van der Waals surface area contributed by atoms with Crippen LogP contribution < -0.4 is 11.5 Å². The lowest BCUT2D eigenvalue weighted by Gasteiger charge is -2.15. The third-order valence-electron chi connectivity index (χ3n) is 5.40. The van der Waals surface area contributed by atoms with Crippen LogP contribution in [0.25, 0.3) is 34.3 Å². The van der Waals surface area contributed by atoms with E-state index in [9.17, 15) is 21.6 Å². The minimum atomic E-state index is -4.57. The highest BCUT2D eigenvalue weighted by Gasteiger charge is 2.37. The summed E-state index contributed by atoms with van der Waals surface area (Å²) in [4.78, 5) is 8.74. The Morgan fingerprint density at radius 2 is 1.50 bits per heavy atom. The largest absolute Gasteiger partial charge is 0.414 e. The van der Waals surface area contributed by atoms with Gasteiger partial charge in [-0.2, -0.15) is 13.2 Å². The number of anilines is 1. The summed E-state index contributed by atoms with van der Waals surface area (Å²) in [5.41, 5.74) is 12.5. The van der Waals surface area contributed by atoms with E-state index in [1.807, 2.05) is 0 Å². The van der Waals surface area contributed by atoms with E-state index in [-0.39, 0.29) is 33.8 Å². The highest BCUT2D eigenvalue weighted by molar-refractivity contribution is 7.92. The second-order valence-corrected chi connectivity index (χ2v) is 10.7. The first-order chi connectivity index (χ1) is 16.9. The molecule has 0 aliphatic carbocycles. The number of benzene rings is 2. The van der Waals surface area contributed by atoms with E-state index in [0.29, 0.717) is 16.8 Å². The second kappa shape index (κ2) is 9.32. The molecule has 188 valence electrons. The minimum absolute atomic E-state index is 0.0134. The molecule has 2 aromatic heterocycles. The molecule has 4 N–H and O–H groups in total. The Bertz CT molecular complexity index is 1490. The first-order valence-electron chi connectivity index (χ1n) is 10.6. The highest BCUT2D eigenvalue weighted by Crippen LogP contribution is 2.32. The molecule has 0 aliphatic rings. The maximum absolute atomic E-state index is 12.8. The summed E-state index contributed by atoms with van der Waals surface area (Å²) >= 11 is 0. The predicted octanol–water partition coefficient (Wildman–Crippen LogP) is 4.19. The lowest BCUT2D eigenvalue weighted by atomic mass is 10.1. The van der Waals surface area contributed by atoms with Crippen molar-refractivity contribution in [2.24, 2.45) is 5.73 Å². The average molecular weight is 519 g/mol. The summed E-state index contributed by atoms with van der Waals surface area (Å²) in [6.07, 6.45) is -3.14. The molecule has 13 heteroatoms. The van der Waals surface area contributed by atoms with Crippen LogP contribution in [0.1, 0.15) is 25.5 Å². The average Bonchev–Trinajstić information content (AvgIpc) is 3.33. The Hall–Kier alpha value is -3.84. The third kappa shape index (κ3) is 4.93. The summed E-state index contributed by atoms with van der Waals surface area (Å²) in [5, 5.41) is 7.30. The number of nitrogen functional groups attached to an aromatic ring is 1. The SMILES string of the molecule is CC(C)S(=O)(=O)c1ccc(-c2cnc(N)c(-c3nnc(-c4ccc([C@H](N)C(F)(F)F)cc4)o3)n2)cc1. The van der Waals surface area contributed by atoms with E-state index in [4.69, 9.17) is 15.9 Å². The second-order valence-electron chi connectivity index (χ2n) is 8.16. The van der Waals surface area contributed by atoms with Crippen molar-refractivity contribution >= 4 is 15.7 Å². The van der Waals surface area contributed by atoms with Crippen LogP contribution in [-0.4, -0.2) is 40.0 Å². The Morgan fingerprint density at radius 3 is 2.08 bits per heavy atom. The molecule has 1 atom stereocenters. The highest BCUT2D eigenvalue weighted by atomic mass is 32.2. The Balaban J connectivity index is 1.61. The fourth-order valence-electron chi connectivity index (χ4n) is 3.24. The molecule has 0 saturated carbocycles. The van der Waals surface area contributed by atoms with Gasteiger partial charge in [-0.3, -0.25) is 0 Å². The molecule has 0 saturated heterocycles. The van der Waals surface area contributed by atoms with E-state index in [1.54, 1.807) is 26.0 Å². The first kappa shape index (κ1) is 25.3. The van der Waals surface area contributed by atoms with Crippen molar-refractivity contribution in [3.05, 3.63) is 60.3 Å². The Morgan fingerprint density at radius 1 is 0.917 bits per heavy atom. The molecule has 2 heterocycles. The molecular formula is C23H21F3N6O3S. The van der Waals surface area contributed by atoms with Gasteiger partial charge in [0.05, 0.1) is 22.0 Å². The zero-order valence-corrected chi connectivity index (χ0v) is 19.9. The zero-order chi connectivity index (χ0) is 26.3. The number of nitrogens with two attached hydrogens (primary N) is 2. The quantitative estimate of drug-likeness (QED) is 0.383. The molecule has 0 radical (unpaired) electrons. The van der Waals surface area contributed by atoms with Crippen LogP contribution in [0.5, 0.6) is 0 Å². The van der Waals surface area contributed by atoms with Gasteiger partial charge in [-0.25, -0.2) is 18.4 Å². The number of hydrogen-bond acceptors (Lipinski definition) is 9. The summed E-state index contributed by atoms with van der Waals surface area (Å²) in [6, 6.07) is 9.31. The molecular weight excluding hydrogens is 497 g/mol. The standard InChI is InChI=1S/C23H21F3N6O3S/c1-12(2)36(33,34)16-9-7-13(8-10-16)17-11-29-20(28)18(30-17)22-32-31-21(35-22)15-5-3-14(4-6-15)19(27)23(24,25)26/h3-12,19H,27H2,1-2H3,(H2,28,29)/t19-/m0/s1. The van der Waals surface area contributed by atoms with Gasteiger partial charge in [0.25, 0.3) is 5.89 Å². The first-order valence-corrected chi connectivity index (χ1v) is 12.2. The zero-order valence-electron chi connectivity index (χ0n) is 19.1. The molecule has 0 aliphatic heterocycles. The molecule has 2 aromatic carbocycles. The van der Waals surface area contributed by atoms with Gasteiger partial charge in [-0.1, -0.05) is 24.3 Å². The van der Waals surface area contributed by atoms with E-state index < -0.39 is 27.3 Å². The van der Waals surface area contributed by atoms with E-state index in [1.165, 1.54) is 42.6 Å². The van der Waals surface area contributed by atoms with Crippen molar-refractivity contribution in [1.29, 1.82) is 0 Å². The molecule has 36 heavy (non-hydrogen) atoms. The number of hydrogen-bond donors (Lipinski definition) is 2. The van der Waals surface area contributed by atoms with Crippen molar-refractivity contribution in [3.8, 4) is 34.3 Å². The van der Waals surface area contributed by atoms with Gasteiger partial charge in [0, 0.05) is 11.1 Å². The monoisotopic (exact) mass is 518 g/mol. The number of alkyl halides is 3. The topological polar surface area (TPSA) is 151 Å². The predicted molar refractivity (Wildman–Crippen MR) is 126 cm³/mol. The van der Waals surface area contributed by atoms with Crippen LogP contribution in [-0.2, 0) is 9.84 Å². The lowest BCUT2D eigenvalue weighted by molar-refractivity contribution is -0.149. The molecule has 4 rings (SSSR count). The minimum Gasteiger partial charge on any atom is -0.414 e. The Kier molecular flexibility index (Phi) is 6.54. The van der Waals surface area contributed by atoms with Crippen LogP contribution in [0, 0.1) is 0 Å². The molecule has 0 fully saturated rings. The van der Waals surface area contributed by atoms with Gasteiger partial charge >= 0.3 is 6.18 Å². The van der Waals surface area contributed by atoms with Crippen LogP contribution in [0.15, 0.2) is 64.0 Å². The molecule has 0 bridgehead atoms. The van der Waals surface area contributed by atoms with Crippen LogP contribution in [0.3, 0.4) is 0 Å². The molecule has 0 spiro atoms. The summed E-state index contributed by atoms with van der Waals surface area (Å²) < 4.78 is 68.8. The van der Waals surface area contributed by atoms with Crippen LogP contribution in [0.2, 0.25) is 0 Å². The summed E-state index contributed by atoms with van der Waals surface area (Å²) in [7, 11) is -3.42. The van der Waals surface area contributed by atoms with Gasteiger partial charge in [0.2, 0.25) is 5.89 Å². The maximum atomic E-state index is 12.8. The lowest BCUT2D eigenvalue weighted by Crippen LogP contribution is -2.28. The van der Waals surface area contributed by atoms with Gasteiger partial charge < -0.3 is 15.9 Å². The molecule has 9 nitrogen and oxygen atoms in total. The summed E-state index contributed by atoms with van der Waals surface area (Å²) in [6.45, 7) is 3.21. The van der Waals surface area contributed by atoms with Crippen molar-refractivity contribution in [1.82, 2.24) is 20.2 Å². The van der Waals surface area contributed by atoms with Crippen molar-refractivity contribution in [2.45, 2.75) is 36.2 Å². The van der Waals surface area contributed by atoms with Gasteiger partial charge in [0.15, 0.2) is 21.3 Å². The molecule has 4 aromatic rings. The molecule has 0 amide bonds. The number of nitrogens with zero attached hydrogens (tertiary/aromatic N) is 4. The van der Waals surface area contributed by atoms with E-state index in [0.717, 1.165) is 0 Å². The van der Waals surface area contributed by atoms with Gasteiger partial charge in [-0.15, -0.1) is 10.2 Å². The number of aromatic nitrogens is 4. The number of halogens is 3. The number of sulfone groups is 1. The fourth-order valence-corrected chi connectivity index (χ4v) is 4.30. The van der Waals surface area contributed by atoms with Crippen molar-refractivity contribution in [3.63, 3.8) is 0 Å². The van der Waals surface area contributed by atoms with Crippen LogP contribution in [0.4, 0.5) is 19.0 Å².